The standard InChI is InChI=1S/C18H5F29O2/c1-3(2)4(48)49-16(41,13(35,36)9(27,28)7(23,24)11(31,32)15(39,40)18(45,46)47)12(33,34)8(25,26)5(19,20)6(21,22)10(29,30)14(37,38)17(42,43)44/h1H2,2H3. The van der Waals surface area contributed by atoms with Crippen LogP contribution in [-0.4, -0.2) is 89.3 Å². The molecule has 0 bridgehead atoms. The lowest BCUT2D eigenvalue weighted by Crippen LogP contribution is -2.80. The lowest BCUT2D eigenvalue weighted by Gasteiger charge is -2.48. The molecule has 0 heterocycles. The molecule has 0 aromatic rings. The number of alkyl halides is 29. The maximum atomic E-state index is 15.0. The zero-order chi connectivity index (χ0) is 40.9. The van der Waals surface area contributed by atoms with E-state index >= 15 is 4.39 Å². The van der Waals surface area contributed by atoms with E-state index in [9.17, 15) is 128 Å². The van der Waals surface area contributed by atoms with E-state index in [1.165, 1.54) is 0 Å². The number of rotatable bonds is 13. The van der Waals surface area contributed by atoms with Gasteiger partial charge >= 0.3 is 89.3 Å². The smallest absolute Gasteiger partial charge is 0.413 e. The van der Waals surface area contributed by atoms with Gasteiger partial charge in [-0.05, 0) is 6.92 Å². The van der Waals surface area contributed by atoms with Crippen LogP contribution in [0.1, 0.15) is 6.92 Å². The van der Waals surface area contributed by atoms with Crippen molar-refractivity contribution in [2.24, 2.45) is 0 Å². The lowest BCUT2D eigenvalue weighted by atomic mass is 9.83. The van der Waals surface area contributed by atoms with Crippen LogP contribution in [0, 0.1) is 0 Å². The van der Waals surface area contributed by atoms with Crippen LogP contribution in [0.2, 0.25) is 0 Å². The van der Waals surface area contributed by atoms with Gasteiger partial charge in [0.25, 0.3) is 0 Å². The van der Waals surface area contributed by atoms with Crippen LogP contribution < -0.4 is 0 Å². The van der Waals surface area contributed by atoms with Gasteiger partial charge in [-0.15, -0.1) is 0 Å². The molecule has 49 heavy (non-hydrogen) atoms. The van der Waals surface area contributed by atoms with Crippen LogP contribution in [0.15, 0.2) is 12.2 Å². The van der Waals surface area contributed by atoms with Crippen LogP contribution in [0.5, 0.6) is 0 Å². The second-order valence-electron chi connectivity index (χ2n) is 9.08. The van der Waals surface area contributed by atoms with Gasteiger partial charge in [-0.1, -0.05) is 6.58 Å². The molecule has 0 N–H and O–H groups in total. The molecule has 31 heteroatoms. The molecule has 0 radical (unpaired) electrons. The van der Waals surface area contributed by atoms with Gasteiger partial charge in [-0.3, -0.25) is 0 Å². The number of halogens is 29. The summed E-state index contributed by atoms with van der Waals surface area (Å²) in [6.45, 7) is 1.69. The SMILES string of the molecule is C=C(C)C(=O)OC(F)(C(F)(F)C(F)(F)C(F)(F)C(F)(F)C(F)(F)C(F)(F)F)C(F)(F)C(F)(F)C(F)(F)C(F)(F)C(F)(F)C(F)(F)C(F)(F)F. The van der Waals surface area contributed by atoms with Gasteiger partial charge in [0.05, 0.1) is 0 Å². The van der Waals surface area contributed by atoms with Crippen molar-refractivity contribution in [1.29, 1.82) is 0 Å². The average Bonchev–Trinajstić information content (AvgIpc) is 2.85. The monoisotopic (exact) mass is 804 g/mol. The molecule has 0 aliphatic heterocycles. The molecule has 2 nitrogen and oxygen atoms in total. The second-order valence-corrected chi connectivity index (χ2v) is 9.08. The van der Waals surface area contributed by atoms with Crippen molar-refractivity contribution in [3.8, 4) is 0 Å². The van der Waals surface area contributed by atoms with E-state index in [0.29, 0.717) is 0 Å². The Bertz CT molecular complexity index is 1270. The summed E-state index contributed by atoms with van der Waals surface area (Å²) < 4.78 is 392. The lowest BCUT2D eigenvalue weighted by molar-refractivity contribution is -0.497. The summed E-state index contributed by atoms with van der Waals surface area (Å²) in [4.78, 5) is 11.3. The van der Waals surface area contributed by atoms with Gasteiger partial charge in [0.2, 0.25) is 0 Å². The molecule has 0 amide bonds. The number of ether oxygens (including phenoxy) is 1. The van der Waals surface area contributed by atoms with E-state index in [1.807, 2.05) is 11.3 Å². The van der Waals surface area contributed by atoms with Gasteiger partial charge in [0.1, 0.15) is 0 Å². The van der Waals surface area contributed by atoms with Crippen LogP contribution >= 0.6 is 0 Å². The highest BCUT2D eigenvalue weighted by Gasteiger charge is 3.01. The first-order chi connectivity index (χ1) is 20.6. The number of hydrogen-bond donors (Lipinski definition) is 0. The first-order valence-electron chi connectivity index (χ1n) is 10.4. The van der Waals surface area contributed by atoms with E-state index < -0.39 is 94.9 Å². The van der Waals surface area contributed by atoms with Crippen molar-refractivity contribution in [3.05, 3.63) is 12.2 Å². The predicted molar refractivity (Wildman–Crippen MR) is 91.3 cm³/mol. The molecule has 0 aromatic carbocycles. The highest BCUT2D eigenvalue weighted by atomic mass is 19.4. The molecule has 0 rings (SSSR count). The summed E-state index contributed by atoms with van der Waals surface area (Å²) >= 11 is 0. The van der Waals surface area contributed by atoms with E-state index in [4.69, 9.17) is 0 Å². The van der Waals surface area contributed by atoms with Gasteiger partial charge in [0, 0.05) is 5.57 Å². The molecule has 1 unspecified atom stereocenters. The van der Waals surface area contributed by atoms with Crippen LogP contribution in [0.4, 0.5) is 127 Å². The Kier molecular flexibility index (Phi) is 10.7. The Morgan fingerprint density at radius 2 is 0.510 bits per heavy atom. The van der Waals surface area contributed by atoms with Crippen LogP contribution in [0.25, 0.3) is 0 Å². The summed E-state index contributed by atoms with van der Waals surface area (Å²) in [5.74, 6) is -118. The fourth-order valence-electron chi connectivity index (χ4n) is 2.68. The van der Waals surface area contributed by atoms with E-state index in [-0.39, 0.29) is 6.92 Å². The van der Waals surface area contributed by atoms with Gasteiger partial charge in [-0.25, -0.2) is 4.79 Å². The molecule has 0 saturated carbocycles. The number of carbonyl (C=O) groups is 1. The molecule has 0 spiro atoms. The summed E-state index contributed by atoms with van der Waals surface area (Å²) in [7, 11) is 0. The van der Waals surface area contributed by atoms with Gasteiger partial charge in [0.15, 0.2) is 0 Å². The third-order valence-corrected chi connectivity index (χ3v) is 5.65. The minimum absolute atomic E-state index is 0.301. The fraction of sp³-hybridized carbons (Fsp3) is 0.833. The number of hydrogen-bond acceptors (Lipinski definition) is 2. The van der Waals surface area contributed by atoms with Crippen molar-refractivity contribution in [2.75, 3.05) is 0 Å². The Hall–Kier alpha value is -2.82. The molecule has 0 aliphatic rings. The average molecular weight is 804 g/mol. The number of carbonyl (C=O) groups excluding carboxylic acids is 1. The second kappa shape index (κ2) is 11.3. The van der Waals surface area contributed by atoms with Crippen molar-refractivity contribution < 1.29 is 137 Å². The molecule has 0 aromatic heterocycles. The molecule has 292 valence electrons. The molecular formula is C18H5F29O2. The van der Waals surface area contributed by atoms with Crippen molar-refractivity contribution in [1.82, 2.24) is 0 Å². The van der Waals surface area contributed by atoms with Crippen LogP contribution in [0.3, 0.4) is 0 Å². The minimum atomic E-state index is -9.87. The predicted octanol–water partition coefficient (Wildman–Crippen LogP) is 9.88. The third-order valence-electron chi connectivity index (χ3n) is 5.65. The minimum Gasteiger partial charge on any atom is -0.413 e. The molecule has 0 aliphatic carbocycles. The first kappa shape index (κ1) is 46.2. The molecular weight excluding hydrogens is 799 g/mol. The molecule has 1 atom stereocenters. The van der Waals surface area contributed by atoms with E-state index in [0.717, 1.165) is 0 Å². The summed E-state index contributed by atoms with van der Waals surface area (Å²) in [5.41, 5.74) is -2.24. The first-order valence-corrected chi connectivity index (χ1v) is 10.4. The van der Waals surface area contributed by atoms with Crippen molar-refractivity contribution in [3.63, 3.8) is 0 Å². The largest absolute Gasteiger partial charge is 0.460 e. The maximum absolute atomic E-state index is 15.0. The Morgan fingerprint density at radius 3 is 0.673 bits per heavy atom. The maximum Gasteiger partial charge on any atom is 0.460 e. The summed E-state index contributed by atoms with van der Waals surface area (Å²) in [5, 5.41) is 0. The van der Waals surface area contributed by atoms with Crippen molar-refractivity contribution in [2.45, 2.75) is 90.3 Å². The zero-order valence-electron chi connectivity index (χ0n) is 21.5. The topological polar surface area (TPSA) is 26.3 Å². The highest BCUT2D eigenvalue weighted by molar-refractivity contribution is 5.87. The van der Waals surface area contributed by atoms with E-state index in [1.54, 1.807) is 0 Å². The quantitative estimate of drug-likeness (QED) is 0.105. The highest BCUT2D eigenvalue weighted by Crippen LogP contribution is 2.69. The zero-order valence-corrected chi connectivity index (χ0v) is 21.5. The fourth-order valence-corrected chi connectivity index (χ4v) is 2.68. The summed E-state index contributed by atoms with van der Waals surface area (Å²) in [6, 6.07) is 0. The number of esters is 1. The Morgan fingerprint density at radius 1 is 0.347 bits per heavy atom. The van der Waals surface area contributed by atoms with E-state index in [2.05, 4.69) is 0 Å². The summed E-state index contributed by atoms with van der Waals surface area (Å²) in [6.07, 6.45) is -16.6. The Labute approximate surface area is 246 Å². The van der Waals surface area contributed by atoms with Gasteiger partial charge in [-0.2, -0.15) is 127 Å². The molecule has 0 fully saturated rings. The van der Waals surface area contributed by atoms with Crippen LogP contribution in [-0.2, 0) is 9.53 Å². The van der Waals surface area contributed by atoms with Crippen molar-refractivity contribution >= 4 is 5.97 Å². The van der Waals surface area contributed by atoms with Gasteiger partial charge < -0.3 is 4.74 Å². The third kappa shape index (κ3) is 5.55. The molecule has 0 saturated heterocycles. The Balaban J connectivity index is 8.22. The normalized spacial score (nSPS) is 17.5.